The van der Waals surface area contributed by atoms with Crippen molar-refractivity contribution >= 4 is 16.8 Å². The Bertz CT molecular complexity index is 1120. The third-order valence-corrected chi connectivity index (χ3v) is 4.98. The molecule has 7 heteroatoms. The minimum atomic E-state index is -2.37. The Morgan fingerprint density at radius 1 is 1.10 bits per heavy atom. The highest BCUT2D eigenvalue weighted by Crippen LogP contribution is 2.26. The van der Waals surface area contributed by atoms with Crippen LogP contribution < -0.4 is 5.32 Å². The number of hydrogen-bond acceptors (Lipinski definition) is 2. The molecule has 1 amide bonds. The van der Waals surface area contributed by atoms with Crippen LogP contribution in [0.1, 0.15) is 34.5 Å². The molecule has 0 radical (unpaired) electrons. The van der Waals surface area contributed by atoms with E-state index in [1.54, 1.807) is 36.7 Å². The fourth-order valence-corrected chi connectivity index (χ4v) is 3.38. The lowest BCUT2D eigenvalue weighted by Gasteiger charge is -2.15. The standard InChI is InChI=1S/C22H20F2N4O/c1-13(15-4-2-14(3-5-15)8-21(23)24)28-22(29)19-12-25-20-9-16(6-7-18(19)20)17-10-26-27-11-17/h2-7,9-13,21,25H,8H2,1H3,(H,26,27)(H,28,29)/t13-/m1/s1. The van der Waals surface area contributed by atoms with Crippen molar-refractivity contribution in [2.24, 2.45) is 0 Å². The summed E-state index contributed by atoms with van der Waals surface area (Å²) in [6.45, 7) is 1.87. The van der Waals surface area contributed by atoms with Crippen molar-refractivity contribution < 1.29 is 13.6 Å². The molecule has 2 heterocycles. The predicted octanol–water partition coefficient (Wildman–Crippen LogP) is 4.86. The second-order valence-electron chi connectivity index (χ2n) is 6.98. The van der Waals surface area contributed by atoms with E-state index in [0.29, 0.717) is 11.1 Å². The van der Waals surface area contributed by atoms with Gasteiger partial charge in [0.15, 0.2) is 0 Å². The minimum Gasteiger partial charge on any atom is -0.360 e. The van der Waals surface area contributed by atoms with Crippen LogP contribution in [-0.4, -0.2) is 27.5 Å². The van der Waals surface area contributed by atoms with E-state index in [1.807, 2.05) is 31.3 Å². The number of aromatic nitrogens is 3. The SMILES string of the molecule is C[C@@H](NC(=O)c1c[nH]c2cc(-c3cn[nH]c3)ccc12)c1ccc(CC(F)F)cc1. The van der Waals surface area contributed by atoms with Crippen LogP contribution in [0.25, 0.3) is 22.0 Å². The van der Waals surface area contributed by atoms with Crippen LogP contribution in [0.3, 0.4) is 0 Å². The number of carbonyl (C=O) groups excluding carboxylic acids is 1. The van der Waals surface area contributed by atoms with E-state index in [4.69, 9.17) is 0 Å². The minimum absolute atomic E-state index is 0.198. The highest BCUT2D eigenvalue weighted by molar-refractivity contribution is 6.07. The summed E-state index contributed by atoms with van der Waals surface area (Å²) in [7, 11) is 0. The number of benzene rings is 2. The Labute approximate surface area is 166 Å². The first-order chi connectivity index (χ1) is 14.0. The Hall–Kier alpha value is -3.48. The van der Waals surface area contributed by atoms with Gasteiger partial charge in [0.25, 0.3) is 5.91 Å². The number of rotatable bonds is 6. The fraction of sp³-hybridized carbons (Fsp3) is 0.182. The molecule has 0 unspecified atom stereocenters. The molecule has 4 rings (SSSR count). The molecule has 1 atom stereocenters. The first-order valence-electron chi connectivity index (χ1n) is 9.29. The summed E-state index contributed by atoms with van der Waals surface area (Å²) in [4.78, 5) is 15.9. The van der Waals surface area contributed by atoms with Gasteiger partial charge >= 0.3 is 0 Å². The predicted molar refractivity (Wildman–Crippen MR) is 108 cm³/mol. The molecule has 148 valence electrons. The molecule has 0 spiro atoms. The molecular weight excluding hydrogens is 374 g/mol. The first kappa shape index (κ1) is 18.9. The summed E-state index contributed by atoms with van der Waals surface area (Å²) in [5.74, 6) is -0.198. The Morgan fingerprint density at radius 2 is 1.90 bits per heavy atom. The molecular formula is C22H20F2N4O. The highest BCUT2D eigenvalue weighted by atomic mass is 19.3. The van der Waals surface area contributed by atoms with Crippen LogP contribution in [0, 0.1) is 0 Å². The number of halogens is 2. The lowest BCUT2D eigenvalue weighted by Crippen LogP contribution is -2.26. The Morgan fingerprint density at radius 3 is 2.59 bits per heavy atom. The molecule has 5 nitrogen and oxygen atoms in total. The van der Waals surface area contributed by atoms with Crippen LogP contribution in [0.2, 0.25) is 0 Å². The first-order valence-corrected chi connectivity index (χ1v) is 9.29. The lowest BCUT2D eigenvalue weighted by molar-refractivity contribution is 0.0941. The van der Waals surface area contributed by atoms with E-state index in [2.05, 4.69) is 20.5 Å². The molecule has 4 aromatic rings. The van der Waals surface area contributed by atoms with Gasteiger partial charge in [-0.1, -0.05) is 36.4 Å². The molecule has 0 saturated heterocycles. The van der Waals surface area contributed by atoms with Gasteiger partial charge < -0.3 is 10.3 Å². The average molecular weight is 394 g/mol. The van der Waals surface area contributed by atoms with Gasteiger partial charge in [0.2, 0.25) is 6.43 Å². The number of amides is 1. The van der Waals surface area contributed by atoms with Crippen LogP contribution in [0.5, 0.6) is 0 Å². The normalized spacial score (nSPS) is 12.4. The largest absolute Gasteiger partial charge is 0.360 e. The lowest BCUT2D eigenvalue weighted by atomic mass is 10.0. The molecule has 0 aliphatic heterocycles. The highest BCUT2D eigenvalue weighted by Gasteiger charge is 2.16. The molecule has 0 aliphatic carbocycles. The van der Waals surface area contributed by atoms with E-state index in [0.717, 1.165) is 27.6 Å². The maximum Gasteiger partial charge on any atom is 0.253 e. The summed E-state index contributed by atoms with van der Waals surface area (Å²) in [6, 6.07) is 12.5. The van der Waals surface area contributed by atoms with Gasteiger partial charge in [-0.3, -0.25) is 9.89 Å². The van der Waals surface area contributed by atoms with Crippen LogP contribution in [-0.2, 0) is 6.42 Å². The van der Waals surface area contributed by atoms with E-state index < -0.39 is 6.43 Å². The summed E-state index contributed by atoms with van der Waals surface area (Å²) in [5, 5.41) is 10.5. The van der Waals surface area contributed by atoms with Crippen molar-refractivity contribution in [3.05, 3.63) is 77.7 Å². The van der Waals surface area contributed by atoms with Gasteiger partial charge in [-0.2, -0.15) is 5.10 Å². The molecule has 2 aromatic carbocycles. The van der Waals surface area contributed by atoms with Gasteiger partial charge in [0, 0.05) is 35.3 Å². The summed E-state index contributed by atoms with van der Waals surface area (Å²) < 4.78 is 25.0. The third-order valence-electron chi connectivity index (χ3n) is 4.98. The van der Waals surface area contributed by atoms with Gasteiger partial charge in [-0.05, 0) is 29.7 Å². The number of aromatic amines is 2. The summed E-state index contributed by atoms with van der Waals surface area (Å²) >= 11 is 0. The molecule has 0 saturated carbocycles. The third kappa shape index (κ3) is 4.03. The summed E-state index contributed by atoms with van der Waals surface area (Å²) in [5.41, 5.74) is 4.82. The molecule has 2 aromatic heterocycles. The second kappa shape index (κ2) is 7.87. The van der Waals surface area contributed by atoms with Crippen molar-refractivity contribution in [3.8, 4) is 11.1 Å². The monoisotopic (exact) mass is 394 g/mol. The number of nitrogens with one attached hydrogen (secondary N) is 3. The number of carbonyl (C=O) groups is 1. The van der Waals surface area contributed by atoms with Gasteiger partial charge in [-0.15, -0.1) is 0 Å². The number of alkyl halides is 2. The molecule has 0 aliphatic rings. The van der Waals surface area contributed by atoms with Crippen molar-refractivity contribution in [1.82, 2.24) is 20.5 Å². The topological polar surface area (TPSA) is 73.6 Å². The van der Waals surface area contributed by atoms with Crippen molar-refractivity contribution in [3.63, 3.8) is 0 Å². The van der Waals surface area contributed by atoms with E-state index >= 15 is 0 Å². The number of H-pyrrole nitrogens is 2. The van der Waals surface area contributed by atoms with Crippen LogP contribution in [0.4, 0.5) is 8.78 Å². The van der Waals surface area contributed by atoms with E-state index in [1.165, 1.54) is 0 Å². The maximum absolute atomic E-state index is 12.8. The van der Waals surface area contributed by atoms with E-state index in [9.17, 15) is 13.6 Å². The van der Waals surface area contributed by atoms with E-state index in [-0.39, 0.29) is 18.4 Å². The zero-order valence-corrected chi connectivity index (χ0v) is 15.7. The zero-order valence-electron chi connectivity index (χ0n) is 15.7. The molecule has 3 N–H and O–H groups in total. The quantitative estimate of drug-likeness (QED) is 0.437. The van der Waals surface area contributed by atoms with Crippen molar-refractivity contribution in [1.29, 1.82) is 0 Å². The number of fused-ring (bicyclic) bond motifs is 1. The maximum atomic E-state index is 12.8. The number of nitrogens with zero attached hydrogens (tertiary/aromatic N) is 1. The van der Waals surface area contributed by atoms with Crippen molar-refractivity contribution in [2.75, 3.05) is 0 Å². The molecule has 0 bridgehead atoms. The van der Waals surface area contributed by atoms with Gasteiger partial charge in [0.1, 0.15) is 0 Å². The van der Waals surface area contributed by atoms with Gasteiger partial charge in [-0.25, -0.2) is 8.78 Å². The molecule has 29 heavy (non-hydrogen) atoms. The second-order valence-corrected chi connectivity index (χ2v) is 6.98. The average Bonchev–Trinajstić information content (AvgIpc) is 3.37. The van der Waals surface area contributed by atoms with Crippen LogP contribution >= 0.6 is 0 Å². The van der Waals surface area contributed by atoms with Crippen LogP contribution in [0.15, 0.2) is 61.1 Å². The smallest absolute Gasteiger partial charge is 0.253 e. The Kier molecular flexibility index (Phi) is 5.12. The van der Waals surface area contributed by atoms with Gasteiger partial charge in [0.05, 0.1) is 17.8 Å². The van der Waals surface area contributed by atoms with Crippen molar-refractivity contribution in [2.45, 2.75) is 25.8 Å². The summed E-state index contributed by atoms with van der Waals surface area (Å²) in [6.07, 6.45) is 2.61. The zero-order chi connectivity index (χ0) is 20.4. The number of hydrogen-bond donors (Lipinski definition) is 3. The molecule has 0 fully saturated rings. The Balaban J connectivity index is 1.50. The fourth-order valence-electron chi connectivity index (χ4n) is 3.38.